The molecule has 0 fully saturated rings. The second kappa shape index (κ2) is 2.24. The summed E-state index contributed by atoms with van der Waals surface area (Å²) in [6, 6.07) is 4.88. The predicted octanol–water partition coefficient (Wildman–Crippen LogP) is 1.41. The number of benzene rings is 1. The number of esters is 1. The minimum atomic E-state index is -0.346. The van der Waals surface area contributed by atoms with Gasteiger partial charge in [0.1, 0.15) is 11.5 Å². The van der Waals surface area contributed by atoms with E-state index in [0.717, 1.165) is 0 Å². The van der Waals surface area contributed by atoms with Gasteiger partial charge >= 0.3 is 5.97 Å². The van der Waals surface area contributed by atoms with Crippen molar-refractivity contribution in [3.8, 4) is 11.5 Å². The van der Waals surface area contributed by atoms with Gasteiger partial charge in [-0.1, -0.05) is 6.07 Å². The molecular weight excluding hydrogens is 156 g/mol. The largest absolute Gasteiger partial charge is 0.508 e. The summed E-state index contributed by atoms with van der Waals surface area (Å²) < 4.78 is 4.90. The minimum Gasteiger partial charge on any atom is -0.508 e. The zero-order valence-corrected chi connectivity index (χ0v) is 6.57. The number of carbonyl (C=O) groups excluding carboxylic acids is 1. The lowest BCUT2D eigenvalue weighted by Crippen LogP contribution is -2.05. The molecule has 0 radical (unpaired) electrons. The molecule has 1 aromatic rings. The fourth-order valence-corrected chi connectivity index (χ4v) is 1.37. The summed E-state index contributed by atoms with van der Waals surface area (Å²) in [6.07, 6.45) is 0. The number of fused-ring (bicyclic) bond motifs is 1. The van der Waals surface area contributed by atoms with Crippen molar-refractivity contribution >= 4 is 5.97 Å². The van der Waals surface area contributed by atoms with Crippen LogP contribution in [0.4, 0.5) is 0 Å². The maximum Gasteiger partial charge on any atom is 0.318 e. The molecule has 0 bridgehead atoms. The Bertz CT molecular complexity index is 344. The van der Waals surface area contributed by atoms with Gasteiger partial charge in [0.25, 0.3) is 0 Å². The summed E-state index contributed by atoms with van der Waals surface area (Å²) in [5.74, 6) is -0.0361. The molecule has 0 aromatic heterocycles. The molecule has 1 N–H and O–H groups in total. The fraction of sp³-hybridized carbons (Fsp3) is 0.222. The molecule has 3 heteroatoms. The van der Waals surface area contributed by atoms with Crippen LogP contribution in [0, 0.1) is 0 Å². The Morgan fingerprint density at radius 3 is 2.92 bits per heavy atom. The molecule has 2 rings (SSSR count). The van der Waals surface area contributed by atoms with Gasteiger partial charge in [-0.15, -0.1) is 0 Å². The molecule has 0 unspecified atom stereocenters. The molecule has 0 saturated carbocycles. The first-order valence-corrected chi connectivity index (χ1v) is 3.73. The van der Waals surface area contributed by atoms with Gasteiger partial charge in [0.2, 0.25) is 0 Å². The molecule has 1 heterocycles. The van der Waals surface area contributed by atoms with Crippen molar-refractivity contribution in [1.82, 2.24) is 0 Å². The second-order valence-electron chi connectivity index (χ2n) is 2.83. The Balaban J connectivity index is 2.62. The first kappa shape index (κ1) is 7.16. The third-order valence-corrected chi connectivity index (χ3v) is 2.04. The highest BCUT2D eigenvalue weighted by Gasteiger charge is 2.31. The number of aromatic hydroxyl groups is 1. The highest BCUT2D eigenvalue weighted by atomic mass is 16.5. The molecule has 1 aliphatic rings. The summed E-state index contributed by atoms with van der Waals surface area (Å²) >= 11 is 0. The molecule has 0 aliphatic carbocycles. The highest BCUT2D eigenvalue weighted by Crippen LogP contribution is 2.39. The molecule has 3 nitrogen and oxygen atoms in total. The Labute approximate surface area is 69.6 Å². The first-order chi connectivity index (χ1) is 5.70. The number of rotatable bonds is 0. The van der Waals surface area contributed by atoms with Gasteiger partial charge in [-0.2, -0.15) is 0 Å². The molecule has 12 heavy (non-hydrogen) atoms. The Kier molecular flexibility index (Phi) is 1.33. The summed E-state index contributed by atoms with van der Waals surface area (Å²) in [5, 5.41) is 9.39. The van der Waals surface area contributed by atoms with E-state index in [4.69, 9.17) is 4.74 Å². The zero-order chi connectivity index (χ0) is 8.72. The molecule has 1 aliphatic heterocycles. The van der Waals surface area contributed by atoms with Gasteiger partial charge in [-0.25, -0.2) is 0 Å². The van der Waals surface area contributed by atoms with E-state index < -0.39 is 0 Å². The van der Waals surface area contributed by atoms with Crippen molar-refractivity contribution < 1.29 is 14.6 Å². The van der Waals surface area contributed by atoms with E-state index in [0.29, 0.717) is 11.3 Å². The van der Waals surface area contributed by atoms with E-state index in [1.807, 2.05) is 0 Å². The molecule has 0 saturated heterocycles. The number of hydrogen-bond acceptors (Lipinski definition) is 3. The summed E-state index contributed by atoms with van der Waals surface area (Å²) in [5.41, 5.74) is 0.600. The van der Waals surface area contributed by atoms with Gasteiger partial charge in [-0.3, -0.25) is 4.79 Å². The van der Waals surface area contributed by atoms with Crippen LogP contribution in [0.5, 0.6) is 11.5 Å². The Hall–Kier alpha value is -1.51. The molecule has 1 atom stereocenters. The normalized spacial score (nSPS) is 20.4. The van der Waals surface area contributed by atoms with Crippen LogP contribution in [0.3, 0.4) is 0 Å². The van der Waals surface area contributed by atoms with Crippen LogP contribution in [0.2, 0.25) is 0 Å². The summed E-state index contributed by atoms with van der Waals surface area (Å²) in [4.78, 5) is 11.0. The lowest BCUT2D eigenvalue weighted by atomic mass is 10.0. The average molecular weight is 164 g/mol. The number of phenolic OH excluding ortho intramolecular Hbond substituents is 1. The van der Waals surface area contributed by atoms with Crippen molar-refractivity contribution in [2.24, 2.45) is 0 Å². The van der Waals surface area contributed by atoms with Crippen LogP contribution in [-0.4, -0.2) is 11.1 Å². The van der Waals surface area contributed by atoms with Crippen molar-refractivity contribution in [3.63, 3.8) is 0 Å². The van der Waals surface area contributed by atoms with E-state index in [2.05, 4.69) is 0 Å². The number of hydrogen-bond donors (Lipinski definition) is 1. The molecule has 62 valence electrons. The first-order valence-electron chi connectivity index (χ1n) is 3.73. The average Bonchev–Trinajstić information content (AvgIpc) is 2.29. The minimum absolute atomic E-state index is 0.130. The summed E-state index contributed by atoms with van der Waals surface area (Å²) in [7, 11) is 0. The van der Waals surface area contributed by atoms with Crippen LogP contribution in [0.15, 0.2) is 18.2 Å². The molecular formula is C9H8O3. The van der Waals surface area contributed by atoms with Gasteiger partial charge < -0.3 is 9.84 Å². The van der Waals surface area contributed by atoms with Crippen LogP contribution in [0.1, 0.15) is 18.4 Å². The quantitative estimate of drug-likeness (QED) is 0.466. The molecule has 0 amide bonds. The number of ether oxygens (including phenoxy) is 1. The molecule has 0 spiro atoms. The smallest absolute Gasteiger partial charge is 0.318 e. The molecule has 1 aromatic carbocycles. The van der Waals surface area contributed by atoms with Crippen molar-refractivity contribution in [3.05, 3.63) is 23.8 Å². The van der Waals surface area contributed by atoms with Crippen molar-refractivity contribution in [1.29, 1.82) is 0 Å². The van der Waals surface area contributed by atoms with Crippen LogP contribution in [-0.2, 0) is 4.79 Å². The lowest BCUT2D eigenvalue weighted by molar-refractivity contribution is -0.133. The van der Waals surface area contributed by atoms with Crippen LogP contribution >= 0.6 is 0 Å². The third-order valence-electron chi connectivity index (χ3n) is 2.04. The number of phenols is 1. The van der Waals surface area contributed by atoms with E-state index in [1.165, 1.54) is 0 Å². The fourth-order valence-electron chi connectivity index (χ4n) is 1.37. The third kappa shape index (κ3) is 0.794. The standard InChI is InChI=1S/C9H8O3/c1-5-8-6(10)3-2-4-7(8)12-9(5)11/h2-5,10H,1H3/t5-/m0/s1. The summed E-state index contributed by atoms with van der Waals surface area (Å²) in [6.45, 7) is 1.72. The second-order valence-corrected chi connectivity index (χ2v) is 2.83. The maximum absolute atomic E-state index is 11.0. The van der Waals surface area contributed by atoms with E-state index in [9.17, 15) is 9.90 Å². The van der Waals surface area contributed by atoms with Crippen LogP contribution < -0.4 is 4.74 Å². The van der Waals surface area contributed by atoms with E-state index in [-0.39, 0.29) is 17.6 Å². The topological polar surface area (TPSA) is 46.5 Å². The predicted molar refractivity (Wildman–Crippen MR) is 42.2 cm³/mol. The number of carbonyl (C=O) groups is 1. The van der Waals surface area contributed by atoms with Gasteiger partial charge in [0, 0.05) is 0 Å². The van der Waals surface area contributed by atoms with Crippen LogP contribution in [0.25, 0.3) is 0 Å². The van der Waals surface area contributed by atoms with E-state index >= 15 is 0 Å². The monoisotopic (exact) mass is 164 g/mol. The maximum atomic E-state index is 11.0. The van der Waals surface area contributed by atoms with Crippen molar-refractivity contribution in [2.45, 2.75) is 12.8 Å². The SMILES string of the molecule is C[C@@H]1C(=O)Oc2cccc(O)c21. The Morgan fingerprint density at radius 1 is 1.50 bits per heavy atom. The lowest BCUT2D eigenvalue weighted by Gasteiger charge is -2.00. The Morgan fingerprint density at radius 2 is 2.25 bits per heavy atom. The van der Waals surface area contributed by atoms with Gasteiger partial charge in [0.15, 0.2) is 0 Å². The zero-order valence-electron chi connectivity index (χ0n) is 6.57. The van der Waals surface area contributed by atoms with E-state index in [1.54, 1.807) is 25.1 Å². The highest BCUT2D eigenvalue weighted by molar-refractivity contribution is 5.86. The van der Waals surface area contributed by atoms with Crippen molar-refractivity contribution in [2.75, 3.05) is 0 Å². The van der Waals surface area contributed by atoms with Gasteiger partial charge in [-0.05, 0) is 19.1 Å². The van der Waals surface area contributed by atoms with Gasteiger partial charge in [0.05, 0.1) is 11.5 Å².